The van der Waals surface area contributed by atoms with E-state index in [2.05, 4.69) is 50.0 Å². The number of fused-ring (bicyclic) bond motifs is 1. The molecule has 0 radical (unpaired) electrons. The van der Waals surface area contributed by atoms with Crippen LogP contribution in [0.15, 0.2) is 30.3 Å². The van der Waals surface area contributed by atoms with Crippen molar-refractivity contribution in [1.82, 2.24) is 4.98 Å². The molecule has 2 rings (SSSR count). The predicted molar refractivity (Wildman–Crippen MR) is 136 cm³/mol. The fraction of sp³-hybridized carbons (Fsp3) is 0.640. The van der Waals surface area contributed by atoms with Crippen LogP contribution in [0.1, 0.15) is 78.2 Å². The molecule has 0 amide bonds. The quantitative estimate of drug-likeness (QED) is 0.123. The van der Waals surface area contributed by atoms with Crippen molar-refractivity contribution in [2.24, 2.45) is 5.41 Å². The molecule has 35 heavy (non-hydrogen) atoms. The summed E-state index contributed by atoms with van der Waals surface area (Å²) in [6.45, 7) is 12.8. The topological polar surface area (TPSA) is 65.5 Å². The van der Waals surface area contributed by atoms with Gasteiger partial charge in [0.2, 0.25) is 5.88 Å². The summed E-state index contributed by atoms with van der Waals surface area (Å²) in [5.41, 5.74) is -5.17. The Morgan fingerprint density at radius 2 is 1.54 bits per heavy atom. The van der Waals surface area contributed by atoms with Crippen LogP contribution < -0.4 is 4.18 Å². The van der Waals surface area contributed by atoms with Gasteiger partial charge in [0.1, 0.15) is 0 Å². The highest BCUT2D eigenvalue weighted by Crippen LogP contribution is 2.47. The molecule has 1 aromatic heterocycles. The molecule has 0 bridgehead atoms. The minimum absolute atomic E-state index is 0.269. The van der Waals surface area contributed by atoms with Crippen LogP contribution in [0.3, 0.4) is 0 Å². The summed E-state index contributed by atoms with van der Waals surface area (Å²) in [5, 5.41) is 0.662. The largest absolute Gasteiger partial charge is 0.534 e. The molecule has 0 aliphatic heterocycles. The van der Waals surface area contributed by atoms with E-state index < -0.39 is 36.1 Å². The molecule has 198 valence electrons. The van der Waals surface area contributed by atoms with E-state index in [-0.39, 0.29) is 5.41 Å². The first-order valence-corrected chi connectivity index (χ1v) is 16.4. The average molecular weight is 534 g/mol. The molecule has 2 aromatic rings. The van der Waals surface area contributed by atoms with E-state index in [0.717, 1.165) is 30.9 Å². The van der Waals surface area contributed by atoms with Gasteiger partial charge in [0.25, 0.3) is 0 Å². The average Bonchev–Trinajstić information content (AvgIpc) is 2.72. The summed E-state index contributed by atoms with van der Waals surface area (Å²) in [5.74, 6) is -0.622. The number of halogens is 3. The number of aromatic nitrogens is 1. The van der Waals surface area contributed by atoms with Gasteiger partial charge in [-0.2, -0.15) is 21.6 Å². The van der Waals surface area contributed by atoms with Crippen molar-refractivity contribution in [3.05, 3.63) is 35.9 Å². The minimum atomic E-state index is -5.80. The first-order valence-electron chi connectivity index (χ1n) is 12.2. The molecule has 1 heterocycles. The molecule has 0 saturated carbocycles. The summed E-state index contributed by atoms with van der Waals surface area (Å²) < 4.78 is 72.2. The second-order valence-corrected chi connectivity index (χ2v) is 14.2. The van der Waals surface area contributed by atoms with E-state index in [0.29, 0.717) is 10.9 Å². The fourth-order valence-corrected chi connectivity index (χ4v) is 6.19. The summed E-state index contributed by atoms with van der Waals surface area (Å²) in [4.78, 5) is 4.09. The maximum absolute atomic E-state index is 12.8. The monoisotopic (exact) mass is 533 g/mol. The maximum atomic E-state index is 12.8. The smallest absolute Gasteiger partial charge is 0.411 e. The number of unbranched alkanes of at least 4 members (excludes halogenated alkanes) is 5. The Kier molecular flexibility index (Phi) is 9.80. The van der Waals surface area contributed by atoms with E-state index in [1.54, 1.807) is 6.07 Å². The lowest BCUT2D eigenvalue weighted by molar-refractivity contribution is -0.0505. The second-order valence-electron chi connectivity index (χ2n) is 10.3. The van der Waals surface area contributed by atoms with Crippen LogP contribution in [0.4, 0.5) is 13.2 Å². The van der Waals surface area contributed by atoms with Gasteiger partial charge in [0, 0.05) is 11.5 Å². The summed E-state index contributed by atoms with van der Waals surface area (Å²) in [6.07, 6.45) is 7.68. The molecule has 0 N–H and O–H groups in total. The van der Waals surface area contributed by atoms with Gasteiger partial charge in [0.05, 0.1) is 11.1 Å². The highest BCUT2D eigenvalue weighted by molar-refractivity contribution is 7.87. The van der Waals surface area contributed by atoms with Gasteiger partial charge in [-0.3, -0.25) is 0 Å². The van der Waals surface area contributed by atoms with Crippen LogP contribution >= 0.6 is 0 Å². The van der Waals surface area contributed by atoms with Crippen LogP contribution in [-0.4, -0.2) is 28.0 Å². The van der Waals surface area contributed by atoms with Crippen molar-refractivity contribution < 1.29 is 30.2 Å². The SMILES string of the molecule is CCCCCCCCC(O[SiH](C)C)(c1ccc2ccc(OS(=O)(=O)C(F)(F)F)nc2c1)C(C)(C)C. The van der Waals surface area contributed by atoms with E-state index in [1.807, 2.05) is 12.1 Å². The lowest BCUT2D eigenvalue weighted by Crippen LogP contribution is -2.45. The molecule has 10 heteroatoms. The Morgan fingerprint density at radius 3 is 2.11 bits per heavy atom. The zero-order valence-electron chi connectivity index (χ0n) is 21.5. The van der Waals surface area contributed by atoms with Gasteiger partial charge < -0.3 is 8.61 Å². The molecule has 0 spiro atoms. The van der Waals surface area contributed by atoms with Crippen molar-refractivity contribution in [3.63, 3.8) is 0 Å². The molecular weight excluding hydrogens is 495 g/mol. The highest BCUT2D eigenvalue weighted by atomic mass is 32.2. The zero-order valence-corrected chi connectivity index (χ0v) is 23.5. The van der Waals surface area contributed by atoms with Gasteiger partial charge in [-0.1, -0.05) is 78.4 Å². The molecule has 0 fully saturated rings. The van der Waals surface area contributed by atoms with Crippen molar-refractivity contribution >= 4 is 30.1 Å². The highest BCUT2D eigenvalue weighted by Gasteiger charge is 2.49. The Morgan fingerprint density at radius 1 is 0.943 bits per heavy atom. The number of benzene rings is 1. The lowest BCUT2D eigenvalue weighted by atomic mass is 9.69. The Bertz CT molecular complexity index is 1080. The zero-order chi connectivity index (χ0) is 26.5. The van der Waals surface area contributed by atoms with E-state index in [1.165, 1.54) is 31.7 Å². The Labute approximate surface area is 209 Å². The van der Waals surface area contributed by atoms with Gasteiger partial charge in [-0.15, -0.1) is 0 Å². The van der Waals surface area contributed by atoms with Crippen LogP contribution in [0.25, 0.3) is 10.9 Å². The molecule has 0 saturated heterocycles. The molecule has 0 aliphatic rings. The van der Waals surface area contributed by atoms with Gasteiger partial charge in [0.15, 0.2) is 9.04 Å². The van der Waals surface area contributed by atoms with Crippen molar-refractivity contribution in [2.75, 3.05) is 0 Å². The van der Waals surface area contributed by atoms with Gasteiger partial charge >= 0.3 is 15.6 Å². The molecular formula is C25H38F3NO4SSi. The van der Waals surface area contributed by atoms with Crippen molar-refractivity contribution in [2.45, 2.75) is 96.8 Å². The van der Waals surface area contributed by atoms with Gasteiger partial charge in [-0.25, -0.2) is 4.98 Å². The van der Waals surface area contributed by atoms with Crippen LogP contribution in [0.5, 0.6) is 5.88 Å². The lowest BCUT2D eigenvalue weighted by Gasteiger charge is -2.47. The van der Waals surface area contributed by atoms with Gasteiger partial charge in [-0.05, 0) is 42.6 Å². The maximum Gasteiger partial charge on any atom is 0.534 e. The minimum Gasteiger partial charge on any atom is -0.411 e. The van der Waals surface area contributed by atoms with Crippen molar-refractivity contribution in [1.29, 1.82) is 0 Å². The predicted octanol–water partition coefficient (Wildman–Crippen LogP) is 7.46. The van der Waals surface area contributed by atoms with E-state index in [9.17, 15) is 21.6 Å². The standard InChI is InChI=1S/C25H38F3NO4SSi/c1-7-8-9-10-11-12-17-24(23(2,3)4,33-35(5)6)20-15-13-19-14-16-22(29-21(19)18-20)32-34(30,31)25(26,27)28/h13-16,18,35H,7-12,17H2,1-6H3. The number of nitrogens with zero attached hydrogens (tertiary/aromatic N) is 1. The number of pyridine rings is 1. The van der Waals surface area contributed by atoms with E-state index in [4.69, 9.17) is 4.43 Å². The number of rotatable bonds is 12. The number of hydrogen-bond donors (Lipinski definition) is 0. The third kappa shape index (κ3) is 7.42. The number of hydrogen-bond acceptors (Lipinski definition) is 5. The summed E-state index contributed by atoms with van der Waals surface area (Å²) in [7, 11) is -7.31. The van der Waals surface area contributed by atoms with Crippen LogP contribution in [0, 0.1) is 5.41 Å². The third-order valence-corrected chi connectivity index (χ3v) is 7.97. The molecule has 1 aromatic carbocycles. The van der Waals surface area contributed by atoms with Crippen LogP contribution in [-0.2, 0) is 20.1 Å². The Balaban J connectivity index is 2.48. The van der Waals surface area contributed by atoms with Crippen molar-refractivity contribution in [3.8, 4) is 5.88 Å². The fourth-order valence-electron chi connectivity index (χ4n) is 4.37. The third-order valence-electron chi connectivity index (χ3n) is 6.14. The molecule has 1 unspecified atom stereocenters. The summed E-state index contributed by atoms with van der Waals surface area (Å²) >= 11 is 0. The van der Waals surface area contributed by atoms with Crippen LogP contribution in [0.2, 0.25) is 13.1 Å². The summed E-state index contributed by atoms with van der Waals surface area (Å²) in [6, 6.07) is 8.23. The molecule has 5 nitrogen and oxygen atoms in total. The number of alkyl halides is 3. The second kappa shape index (κ2) is 11.6. The first kappa shape index (κ1) is 29.6. The Hall–Kier alpha value is -1.65. The first-order chi connectivity index (χ1) is 16.1. The normalized spacial score (nSPS) is 14.9. The molecule has 1 atom stereocenters. The van der Waals surface area contributed by atoms with E-state index >= 15 is 0 Å². The molecule has 0 aliphatic carbocycles.